The van der Waals surface area contributed by atoms with Crippen molar-refractivity contribution in [3.8, 4) is 0 Å². The summed E-state index contributed by atoms with van der Waals surface area (Å²) >= 11 is 1.53. The summed E-state index contributed by atoms with van der Waals surface area (Å²) in [5.74, 6) is 0.832. The van der Waals surface area contributed by atoms with Crippen molar-refractivity contribution in [1.82, 2.24) is 4.72 Å². The summed E-state index contributed by atoms with van der Waals surface area (Å²) in [6.45, 7) is 13.5. The van der Waals surface area contributed by atoms with Gasteiger partial charge in [0.25, 0.3) is 0 Å². The predicted octanol–water partition coefficient (Wildman–Crippen LogP) is 4.63. The number of aryl methyl sites for hydroxylation is 1. The van der Waals surface area contributed by atoms with Crippen molar-refractivity contribution in [2.24, 2.45) is 0 Å². The maximum Gasteiger partial charge on any atom is 0.196 e. The molecule has 0 bridgehead atoms. The smallest absolute Gasteiger partial charge is 0.196 e. The molecular formula is C19H27NO3S2. The fraction of sp³-hybridized carbons (Fsp3) is 0.526. The zero-order chi connectivity index (χ0) is 18.9. The molecule has 1 heterocycles. The van der Waals surface area contributed by atoms with E-state index in [-0.39, 0.29) is 16.2 Å². The summed E-state index contributed by atoms with van der Waals surface area (Å²) < 4.78 is 21.4. The molecule has 0 aliphatic carbocycles. The summed E-state index contributed by atoms with van der Waals surface area (Å²) in [5.41, 5.74) is 3.09. The molecule has 1 aromatic carbocycles. The van der Waals surface area contributed by atoms with Crippen LogP contribution in [0.1, 0.15) is 57.4 Å². The highest BCUT2D eigenvalue weighted by atomic mass is 32.2. The average Bonchev–Trinajstić information content (AvgIpc) is 2.51. The zero-order valence-corrected chi connectivity index (χ0v) is 17.6. The molecule has 0 saturated carbocycles. The van der Waals surface area contributed by atoms with E-state index in [9.17, 15) is 9.00 Å². The fourth-order valence-electron chi connectivity index (χ4n) is 2.54. The zero-order valence-electron chi connectivity index (χ0n) is 16.0. The highest BCUT2D eigenvalue weighted by Gasteiger charge is 2.24. The molecule has 0 fully saturated rings. The molecule has 0 spiro atoms. The first-order valence-corrected chi connectivity index (χ1v) is 10.6. The summed E-state index contributed by atoms with van der Waals surface area (Å²) in [4.78, 5) is 12.8. The van der Waals surface area contributed by atoms with Crippen LogP contribution in [0.4, 0.5) is 0 Å². The van der Waals surface area contributed by atoms with Gasteiger partial charge in [-0.3, -0.25) is 4.79 Å². The van der Waals surface area contributed by atoms with Crippen molar-refractivity contribution < 1.29 is 8.63 Å². The molecule has 2 rings (SSSR count). The second-order valence-electron chi connectivity index (χ2n) is 7.23. The van der Waals surface area contributed by atoms with Crippen LogP contribution in [-0.2, 0) is 11.0 Å². The minimum absolute atomic E-state index is 0.00583. The Balaban J connectivity index is 2.63. The number of rotatable bonds is 5. The van der Waals surface area contributed by atoms with Crippen LogP contribution in [0.2, 0.25) is 0 Å². The Labute approximate surface area is 156 Å². The predicted molar refractivity (Wildman–Crippen MR) is 108 cm³/mol. The van der Waals surface area contributed by atoms with Gasteiger partial charge in [0.1, 0.15) is 5.58 Å². The van der Waals surface area contributed by atoms with Gasteiger partial charge in [-0.1, -0.05) is 24.8 Å². The third-order valence-corrected chi connectivity index (χ3v) is 6.55. The van der Waals surface area contributed by atoms with E-state index in [2.05, 4.69) is 4.72 Å². The maximum atomic E-state index is 12.8. The van der Waals surface area contributed by atoms with E-state index in [1.807, 2.05) is 60.6 Å². The van der Waals surface area contributed by atoms with Crippen molar-refractivity contribution in [3.05, 3.63) is 39.0 Å². The van der Waals surface area contributed by atoms with Gasteiger partial charge in [0.15, 0.2) is 10.5 Å². The Morgan fingerprint density at radius 2 is 1.92 bits per heavy atom. The molecule has 2 atom stereocenters. The topological polar surface area (TPSA) is 59.3 Å². The van der Waals surface area contributed by atoms with Crippen molar-refractivity contribution in [1.29, 1.82) is 0 Å². The van der Waals surface area contributed by atoms with Crippen LogP contribution < -0.4 is 10.2 Å². The highest BCUT2D eigenvalue weighted by Crippen LogP contribution is 2.30. The van der Waals surface area contributed by atoms with Crippen molar-refractivity contribution >= 4 is 33.7 Å². The number of benzene rings is 1. The van der Waals surface area contributed by atoms with E-state index < -0.39 is 11.0 Å². The third kappa shape index (κ3) is 4.36. The standard InChI is InChI=1S/C19H27NO3S2/c1-8-24-18-12(3)16(21)15-10-11(2)9-14(17(15)23-18)13(4)20-25(22)19(5,6)7/h9-10,13,20H,8H2,1-7H3/t13-,25-/m1/s1. The lowest BCUT2D eigenvalue weighted by molar-refractivity contribution is 0.486. The molecule has 0 saturated heterocycles. The lowest BCUT2D eigenvalue weighted by atomic mass is 10.0. The van der Waals surface area contributed by atoms with E-state index >= 15 is 0 Å². The molecule has 1 aromatic heterocycles. The first-order chi connectivity index (χ1) is 11.6. The monoisotopic (exact) mass is 381 g/mol. The number of nitrogens with one attached hydrogen (secondary N) is 1. The maximum absolute atomic E-state index is 12.8. The average molecular weight is 382 g/mol. The molecular weight excluding hydrogens is 354 g/mol. The Hall–Kier alpha value is -1.11. The molecule has 2 aromatic rings. The van der Waals surface area contributed by atoms with E-state index in [0.717, 1.165) is 16.9 Å². The Kier molecular flexibility index (Phi) is 6.17. The normalized spacial score (nSPS) is 14.7. The van der Waals surface area contributed by atoms with Crippen molar-refractivity contribution in [3.63, 3.8) is 0 Å². The molecule has 0 aliphatic heterocycles. The minimum atomic E-state index is -1.21. The Bertz CT molecular complexity index is 866. The van der Waals surface area contributed by atoms with Crippen molar-refractivity contribution in [2.45, 2.75) is 64.3 Å². The molecule has 138 valence electrons. The minimum Gasteiger partial charge on any atom is -0.449 e. The van der Waals surface area contributed by atoms with Crippen LogP contribution in [-0.4, -0.2) is 14.7 Å². The molecule has 0 radical (unpaired) electrons. The van der Waals surface area contributed by atoms with Gasteiger partial charge in [-0.2, -0.15) is 0 Å². The van der Waals surface area contributed by atoms with Crippen LogP contribution in [0.5, 0.6) is 0 Å². The van der Waals surface area contributed by atoms with Crippen LogP contribution in [0.15, 0.2) is 26.4 Å². The van der Waals surface area contributed by atoms with E-state index in [4.69, 9.17) is 4.42 Å². The van der Waals surface area contributed by atoms with Crippen LogP contribution >= 0.6 is 11.8 Å². The number of fused-ring (bicyclic) bond motifs is 1. The largest absolute Gasteiger partial charge is 0.449 e. The van der Waals surface area contributed by atoms with Gasteiger partial charge < -0.3 is 4.42 Å². The Morgan fingerprint density at radius 3 is 2.48 bits per heavy atom. The fourth-order valence-corrected chi connectivity index (χ4v) is 4.05. The van der Waals surface area contributed by atoms with Crippen LogP contribution in [0, 0.1) is 13.8 Å². The molecule has 6 heteroatoms. The van der Waals surface area contributed by atoms with Crippen LogP contribution in [0.3, 0.4) is 0 Å². The summed E-state index contributed by atoms with van der Waals surface area (Å²) in [6, 6.07) is 3.66. The molecule has 4 nitrogen and oxygen atoms in total. The lowest BCUT2D eigenvalue weighted by Crippen LogP contribution is -2.35. The second kappa shape index (κ2) is 7.64. The number of thioether (sulfide) groups is 1. The van der Waals surface area contributed by atoms with Gasteiger partial charge in [-0.25, -0.2) is 8.93 Å². The molecule has 0 amide bonds. The second-order valence-corrected chi connectivity index (χ2v) is 10.5. The SMILES string of the molecule is CCSc1oc2c([C@@H](C)N[S@](=O)C(C)(C)C)cc(C)cc2c(=O)c1C. The lowest BCUT2D eigenvalue weighted by Gasteiger charge is -2.23. The van der Waals surface area contributed by atoms with Gasteiger partial charge in [0.05, 0.1) is 21.1 Å². The first kappa shape index (κ1) is 20.2. The van der Waals surface area contributed by atoms with E-state index in [0.29, 0.717) is 21.6 Å². The summed E-state index contributed by atoms with van der Waals surface area (Å²) in [5, 5.41) is 1.25. The number of hydrogen-bond donors (Lipinski definition) is 1. The van der Waals surface area contributed by atoms with Gasteiger partial charge in [0, 0.05) is 17.2 Å². The molecule has 1 N–H and O–H groups in total. The molecule has 0 aliphatic rings. The first-order valence-electron chi connectivity index (χ1n) is 8.45. The third-order valence-electron chi connectivity index (χ3n) is 3.93. The quantitative estimate of drug-likeness (QED) is 0.767. The molecule has 0 unspecified atom stereocenters. The van der Waals surface area contributed by atoms with E-state index in [1.54, 1.807) is 0 Å². The van der Waals surface area contributed by atoms with Gasteiger partial charge >= 0.3 is 0 Å². The van der Waals surface area contributed by atoms with Crippen LogP contribution in [0.25, 0.3) is 11.0 Å². The van der Waals surface area contributed by atoms with Gasteiger partial charge in [-0.15, -0.1) is 0 Å². The highest BCUT2D eigenvalue weighted by molar-refractivity contribution is 7.99. The summed E-state index contributed by atoms with van der Waals surface area (Å²) in [6.07, 6.45) is 0. The summed E-state index contributed by atoms with van der Waals surface area (Å²) in [7, 11) is -1.21. The van der Waals surface area contributed by atoms with Gasteiger partial charge in [-0.05, 0) is 58.9 Å². The Morgan fingerprint density at radius 1 is 1.28 bits per heavy atom. The number of hydrogen-bond acceptors (Lipinski definition) is 4. The molecule has 25 heavy (non-hydrogen) atoms. The van der Waals surface area contributed by atoms with Gasteiger partial charge in [0.2, 0.25) is 0 Å². The van der Waals surface area contributed by atoms with E-state index in [1.165, 1.54) is 11.8 Å². The van der Waals surface area contributed by atoms with Crippen molar-refractivity contribution in [2.75, 3.05) is 5.75 Å².